The molecule has 92 valence electrons. The highest BCUT2D eigenvalue weighted by atomic mass is 14.5. The van der Waals surface area contributed by atoms with Crippen LogP contribution in [0.15, 0.2) is 24.3 Å². The summed E-state index contributed by atoms with van der Waals surface area (Å²) in [5, 5.41) is 0. The number of nitrogens with two attached hydrogens (primary N) is 1. The van der Waals surface area contributed by atoms with Crippen LogP contribution in [-0.4, -0.2) is 0 Å². The van der Waals surface area contributed by atoms with E-state index in [0.717, 1.165) is 5.92 Å². The molecule has 0 heterocycles. The Kier molecular flexibility index (Phi) is 8.93. The van der Waals surface area contributed by atoms with E-state index in [0.29, 0.717) is 6.54 Å². The van der Waals surface area contributed by atoms with Gasteiger partial charge in [-0.05, 0) is 29.9 Å². The minimum Gasteiger partial charge on any atom is -0.326 e. The molecular formula is C15H27N. The first-order chi connectivity index (χ1) is 7.90. The molecule has 0 bridgehead atoms. The van der Waals surface area contributed by atoms with Crippen molar-refractivity contribution in [3.05, 3.63) is 35.4 Å². The van der Waals surface area contributed by atoms with E-state index < -0.39 is 0 Å². The summed E-state index contributed by atoms with van der Waals surface area (Å²) in [4.78, 5) is 0. The molecule has 0 radical (unpaired) electrons. The summed E-state index contributed by atoms with van der Waals surface area (Å²) in [6.45, 7) is 8.67. The fourth-order valence-electron chi connectivity index (χ4n) is 1.72. The van der Waals surface area contributed by atoms with Gasteiger partial charge in [-0.2, -0.15) is 0 Å². The molecule has 2 N–H and O–H groups in total. The Labute approximate surface area is 101 Å². The molecule has 0 unspecified atom stereocenters. The number of benzene rings is 1. The van der Waals surface area contributed by atoms with Gasteiger partial charge in [0.05, 0.1) is 0 Å². The summed E-state index contributed by atoms with van der Waals surface area (Å²) in [7, 11) is 0. The lowest BCUT2D eigenvalue weighted by Crippen LogP contribution is -2.09. The Balaban J connectivity index is 0.000000509. The third-order valence-electron chi connectivity index (χ3n) is 2.76. The molecule has 2 rings (SSSR count). The minimum atomic E-state index is 0.667. The first kappa shape index (κ1) is 15.2. The van der Waals surface area contributed by atoms with E-state index in [4.69, 9.17) is 5.73 Å². The third-order valence-corrected chi connectivity index (χ3v) is 2.76. The fraction of sp³-hybridized carbons (Fsp3) is 0.600. The highest BCUT2D eigenvalue weighted by Crippen LogP contribution is 2.36. The normalized spacial score (nSPS) is 13.8. The highest BCUT2D eigenvalue weighted by molar-refractivity contribution is 5.27. The van der Waals surface area contributed by atoms with Crippen molar-refractivity contribution in [1.82, 2.24) is 0 Å². The van der Waals surface area contributed by atoms with Gasteiger partial charge in [-0.1, -0.05) is 58.4 Å². The maximum Gasteiger partial charge on any atom is 0.0178 e. The van der Waals surface area contributed by atoms with Gasteiger partial charge in [-0.15, -0.1) is 0 Å². The third kappa shape index (κ3) is 4.36. The van der Waals surface area contributed by atoms with Crippen molar-refractivity contribution in [2.45, 2.75) is 59.4 Å². The number of hydrogen-bond acceptors (Lipinski definition) is 1. The van der Waals surface area contributed by atoms with Crippen LogP contribution in [0.1, 0.15) is 64.0 Å². The molecule has 1 heteroatoms. The molecule has 0 amide bonds. The summed E-state index contributed by atoms with van der Waals surface area (Å²) in [6.07, 6.45) is 4.14. The maximum atomic E-state index is 5.58. The minimum absolute atomic E-state index is 0.667. The molecule has 0 atom stereocenters. The molecule has 16 heavy (non-hydrogen) atoms. The molecule has 0 aromatic heterocycles. The Morgan fingerprint density at radius 2 is 1.75 bits per heavy atom. The molecule has 1 saturated carbocycles. The number of rotatable bonds is 2. The number of hydrogen-bond donors (Lipinski definition) is 1. The molecule has 0 saturated heterocycles. The van der Waals surface area contributed by atoms with Crippen molar-refractivity contribution < 1.29 is 0 Å². The van der Waals surface area contributed by atoms with Gasteiger partial charge in [-0.25, -0.2) is 0 Å². The SMILES string of the molecule is CC.CC.NCc1cccc(C2CCC2)c1. The van der Waals surface area contributed by atoms with Crippen molar-refractivity contribution in [1.29, 1.82) is 0 Å². The summed E-state index contributed by atoms with van der Waals surface area (Å²) in [5.74, 6) is 0.830. The zero-order chi connectivity index (χ0) is 12.4. The highest BCUT2D eigenvalue weighted by Gasteiger charge is 2.18. The lowest BCUT2D eigenvalue weighted by Gasteiger charge is -2.26. The Morgan fingerprint density at radius 1 is 1.12 bits per heavy atom. The van der Waals surface area contributed by atoms with Gasteiger partial charge in [0.25, 0.3) is 0 Å². The van der Waals surface area contributed by atoms with Crippen LogP contribution in [0.5, 0.6) is 0 Å². The smallest absolute Gasteiger partial charge is 0.0178 e. The monoisotopic (exact) mass is 221 g/mol. The molecule has 0 aliphatic heterocycles. The molecule has 1 aliphatic rings. The summed E-state index contributed by atoms with van der Waals surface area (Å²) in [6, 6.07) is 8.70. The van der Waals surface area contributed by atoms with E-state index in [1.807, 2.05) is 27.7 Å². The molecule has 1 aliphatic carbocycles. The molecule has 0 spiro atoms. The average molecular weight is 221 g/mol. The zero-order valence-corrected chi connectivity index (χ0v) is 11.3. The van der Waals surface area contributed by atoms with Gasteiger partial charge in [-0.3, -0.25) is 0 Å². The fourth-order valence-corrected chi connectivity index (χ4v) is 1.72. The van der Waals surface area contributed by atoms with Gasteiger partial charge < -0.3 is 5.73 Å². The van der Waals surface area contributed by atoms with Crippen LogP contribution in [0, 0.1) is 0 Å². The molecule has 1 aromatic rings. The van der Waals surface area contributed by atoms with Crippen molar-refractivity contribution in [3.8, 4) is 0 Å². The molecule has 1 nitrogen and oxygen atoms in total. The lowest BCUT2D eigenvalue weighted by atomic mass is 9.80. The van der Waals surface area contributed by atoms with Crippen LogP contribution >= 0.6 is 0 Å². The van der Waals surface area contributed by atoms with E-state index in [2.05, 4.69) is 24.3 Å². The van der Waals surface area contributed by atoms with E-state index >= 15 is 0 Å². The van der Waals surface area contributed by atoms with E-state index in [1.165, 1.54) is 30.4 Å². The largest absolute Gasteiger partial charge is 0.326 e. The van der Waals surface area contributed by atoms with Crippen LogP contribution in [0.3, 0.4) is 0 Å². The summed E-state index contributed by atoms with van der Waals surface area (Å²) >= 11 is 0. The Hall–Kier alpha value is -0.820. The van der Waals surface area contributed by atoms with Crippen molar-refractivity contribution in [2.75, 3.05) is 0 Å². The van der Waals surface area contributed by atoms with Gasteiger partial charge in [0.2, 0.25) is 0 Å². The second kappa shape index (κ2) is 9.41. The van der Waals surface area contributed by atoms with E-state index in [1.54, 1.807) is 0 Å². The molecule has 1 aromatic carbocycles. The van der Waals surface area contributed by atoms with Crippen LogP contribution in [0.25, 0.3) is 0 Å². The van der Waals surface area contributed by atoms with E-state index in [-0.39, 0.29) is 0 Å². The van der Waals surface area contributed by atoms with Crippen LogP contribution in [0.2, 0.25) is 0 Å². The average Bonchev–Trinajstić information content (AvgIpc) is 2.32. The van der Waals surface area contributed by atoms with Gasteiger partial charge in [0, 0.05) is 6.54 Å². The molecule has 1 fully saturated rings. The first-order valence-corrected chi connectivity index (χ1v) is 6.69. The predicted molar refractivity (Wildman–Crippen MR) is 73.6 cm³/mol. The standard InChI is InChI=1S/C11H15N.2C2H6/c12-8-9-3-1-6-11(7-9)10-4-2-5-10;2*1-2/h1,3,6-7,10H,2,4-5,8,12H2;2*1-2H3. The predicted octanol–water partition coefficient (Wildman–Crippen LogP) is 4.47. The quantitative estimate of drug-likeness (QED) is 0.783. The topological polar surface area (TPSA) is 26.0 Å². The van der Waals surface area contributed by atoms with Crippen LogP contribution in [-0.2, 0) is 6.54 Å². The van der Waals surface area contributed by atoms with Crippen LogP contribution in [0.4, 0.5) is 0 Å². The molecular weight excluding hydrogens is 194 g/mol. The Bertz CT molecular complexity index is 264. The van der Waals surface area contributed by atoms with Crippen molar-refractivity contribution in [3.63, 3.8) is 0 Å². The van der Waals surface area contributed by atoms with Gasteiger partial charge in [0.15, 0.2) is 0 Å². The summed E-state index contributed by atoms with van der Waals surface area (Å²) in [5.41, 5.74) is 8.33. The van der Waals surface area contributed by atoms with Gasteiger partial charge in [0.1, 0.15) is 0 Å². The van der Waals surface area contributed by atoms with Crippen molar-refractivity contribution >= 4 is 0 Å². The second-order valence-corrected chi connectivity index (χ2v) is 3.58. The van der Waals surface area contributed by atoms with Crippen molar-refractivity contribution in [2.24, 2.45) is 5.73 Å². The maximum absolute atomic E-state index is 5.58. The zero-order valence-electron chi connectivity index (χ0n) is 11.3. The first-order valence-electron chi connectivity index (χ1n) is 6.69. The van der Waals surface area contributed by atoms with Crippen LogP contribution < -0.4 is 5.73 Å². The van der Waals surface area contributed by atoms with Gasteiger partial charge >= 0.3 is 0 Å². The van der Waals surface area contributed by atoms with E-state index in [9.17, 15) is 0 Å². The Morgan fingerprint density at radius 3 is 2.19 bits per heavy atom. The lowest BCUT2D eigenvalue weighted by molar-refractivity contribution is 0.419. The summed E-state index contributed by atoms with van der Waals surface area (Å²) < 4.78 is 0. The second-order valence-electron chi connectivity index (χ2n) is 3.58.